The molecule has 12 heavy (non-hydrogen) atoms. The molecule has 0 spiro atoms. The maximum atomic E-state index is 12.9. The van der Waals surface area contributed by atoms with Crippen molar-refractivity contribution in [3.8, 4) is 0 Å². The lowest BCUT2D eigenvalue weighted by Crippen LogP contribution is -1.93. The van der Waals surface area contributed by atoms with Crippen molar-refractivity contribution in [3.63, 3.8) is 0 Å². The summed E-state index contributed by atoms with van der Waals surface area (Å²) in [5.41, 5.74) is 0.318. The van der Waals surface area contributed by atoms with Crippen LogP contribution in [0, 0.1) is 17.0 Å². The minimum absolute atomic E-state index is 0.185. The highest BCUT2D eigenvalue weighted by Gasteiger charge is 2.06. The summed E-state index contributed by atoms with van der Waals surface area (Å²) in [6.45, 7) is 0. The molecule has 1 aromatic rings. The van der Waals surface area contributed by atoms with Crippen molar-refractivity contribution in [2.24, 2.45) is 0 Å². The standard InChI is InChI=1S/C8H6BrF2N/c9-6-3-5(1-2-12)7(10)4-8(6)11/h2-4,12H,1H2. The Morgan fingerprint density at radius 1 is 1.33 bits per heavy atom. The van der Waals surface area contributed by atoms with E-state index in [-0.39, 0.29) is 10.9 Å². The predicted octanol–water partition coefficient (Wildman–Crippen LogP) is 2.92. The highest BCUT2D eigenvalue weighted by Crippen LogP contribution is 2.19. The minimum Gasteiger partial charge on any atom is -0.313 e. The molecular weight excluding hydrogens is 228 g/mol. The average molecular weight is 234 g/mol. The van der Waals surface area contributed by atoms with Gasteiger partial charge in [0.1, 0.15) is 11.6 Å². The van der Waals surface area contributed by atoms with Crippen molar-refractivity contribution in [2.45, 2.75) is 6.42 Å². The quantitative estimate of drug-likeness (QED) is 0.600. The maximum Gasteiger partial charge on any atom is 0.140 e. The number of halogens is 3. The van der Waals surface area contributed by atoms with E-state index in [2.05, 4.69) is 15.9 Å². The molecule has 0 aromatic heterocycles. The molecule has 1 N–H and O–H groups in total. The number of hydrogen-bond donors (Lipinski definition) is 1. The minimum atomic E-state index is -0.624. The third kappa shape index (κ3) is 1.88. The van der Waals surface area contributed by atoms with Gasteiger partial charge in [0.25, 0.3) is 0 Å². The van der Waals surface area contributed by atoms with E-state index in [0.717, 1.165) is 12.3 Å². The maximum absolute atomic E-state index is 12.9. The van der Waals surface area contributed by atoms with E-state index in [0.29, 0.717) is 5.56 Å². The van der Waals surface area contributed by atoms with E-state index < -0.39 is 11.6 Å². The zero-order valence-corrected chi connectivity index (χ0v) is 7.66. The van der Waals surface area contributed by atoms with Gasteiger partial charge in [0.15, 0.2) is 0 Å². The molecule has 0 unspecified atom stereocenters. The smallest absolute Gasteiger partial charge is 0.140 e. The molecule has 0 heterocycles. The monoisotopic (exact) mass is 233 g/mol. The van der Waals surface area contributed by atoms with Crippen LogP contribution in [0.25, 0.3) is 0 Å². The van der Waals surface area contributed by atoms with Gasteiger partial charge in [-0.25, -0.2) is 8.78 Å². The Morgan fingerprint density at radius 3 is 2.58 bits per heavy atom. The first-order chi connectivity index (χ1) is 5.65. The number of nitrogens with one attached hydrogen (secondary N) is 1. The zero-order valence-electron chi connectivity index (χ0n) is 6.07. The fourth-order valence-corrected chi connectivity index (χ4v) is 1.22. The van der Waals surface area contributed by atoms with Gasteiger partial charge < -0.3 is 5.41 Å². The largest absolute Gasteiger partial charge is 0.313 e. The van der Waals surface area contributed by atoms with Crippen LogP contribution in [0.2, 0.25) is 0 Å². The third-order valence-electron chi connectivity index (χ3n) is 1.41. The van der Waals surface area contributed by atoms with Gasteiger partial charge in [-0.15, -0.1) is 0 Å². The van der Waals surface area contributed by atoms with Crippen molar-refractivity contribution < 1.29 is 8.78 Å². The lowest BCUT2D eigenvalue weighted by molar-refractivity contribution is 0.572. The SMILES string of the molecule is N=CCc1cc(Br)c(F)cc1F. The molecule has 0 saturated carbocycles. The van der Waals surface area contributed by atoms with Crippen LogP contribution < -0.4 is 0 Å². The van der Waals surface area contributed by atoms with Gasteiger partial charge in [-0.2, -0.15) is 0 Å². The Balaban J connectivity index is 3.13. The molecule has 0 aliphatic rings. The molecule has 1 nitrogen and oxygen atoms in total. The van der Waals surface area contributed by atoms with E-state index in [1.807, 2.05) is 0 Å². The lowest BCUT2D eigenvalue weighted by atomic mass is 10.1. The highest BCUT2D eigenvalue weighted by molar-refractivity contribution is 9.10. The molecule has 1 aromatic carbocycles. The van der Waals surface area contributed by atoms with Crippen LogP contribution in [0.15, 0.2) is 16.6 Å². The molecular formula is C8H6BrF2N. The van der Waals surface area contributed by atoms with Gasteiger partial charge in [0, 0.05) is 12.5 Å². The summed E-state index contributed by atoms with van der Waals surface area (Å²) >= 11 is 2.93. The van der Waals surface area contributed by atoms with Gasteiger partial charge in [-0.1, -0.05) is 0 Å². The van der Waals surface area contributed by atoms with Crippen LogP contribution in [0.3, 0.4) is 0 Å². The van der Waals surface area contributed by atoms with Crippen molar-refractivity contribution in [2.75, 3.05) is 0 Å². The summed E-state index contributed by atoms with van der Waals surface area (Å²) in [5.74, 6) is -1.24. The second-order valence-electron chi connectivity index (χ2n) is 2.27. The van der Waals surface area contributed by atoms with Crippen LogP contribution in [-0.2, 0) is 6.42 Å². The van der Waals surface area contributed by atoms with Gasteiger partial charge in [-0.05, 0) is 33.8 Å². The average Bonchev–Trinajstić information content (AvgIpc) is 2.01. The molecule has 4 heteroatoms. The van der Waals surface area contributed by atoms with Crippen LogP contribution in [-0.4, -0.2) is 6.21 Å². The fraction of sp³-hybridized carbons (Fsp3) is 0.125. The zero-order chi connectivity index (χ0) is 9.14. The molecule has 64 valence electrons. The van der Waals surface area contributed by atoms with E-state index in [1.165, 1.54) is 6.07 Å². The molecule has 0 bridgehead atoms. The topological polar surface area (TPSA) is 23.9 Å². The number of benzene rings is 1. The van der Waals surface area contributed by atoms with E-state index in [4.69, 9.17) is 5.41 Å². The van der Waals surface area contributed by atoms with Gasteiger partial charge in [-0.3, -0.25) is 0 Å². The molecule has 0 fully saturated rings. The van der Waals surface area contributed by atoms with E-state index in [1.54, 1.807) is 0 Å². The van der Waals surface area contributed by atoms with Crippen molar-refractivity contribution in [1.29, 1.82) is 5.41 Å². The summed E-state index contributed by atoms with van der Waals surface area (Å²) in [5, 5.41) is 6.76. The number of rotatable bonds is 2. The van der Waals surface area contributed by atoms with Crippen LogP contribution in [0.5, 0.6) is 0 Å². The predicted molar refractivity (Wildman–Crippen MR) is 46.5 cm³/mol. The lowest BCUT2D eigenvalue weighted by Gasteiger charge is -2.00. The Morgan fingerprint density at radius 2 is 2.00 bits per heavy atom. The third-order valence-corrected chi connectivity index (χ3v) is 2.02. The first-order valence-corrected chi connectivity index (χ1v) is 4.07. The van der Waals surface area contributed by atoms with Crippen molar-refractivity contribution in [1.82, 2.24) is 0 Å². The highest BCUT2D eigenvalue weighted by atomic mass is 79.9. The fourth-order valence-electron chi connectivity index (χ4n) is 0.830. The molecule has 0 amide bonds. The van der Waals surface area contributed by atoms with Crippen LogP contribution in [0.4, 0.5) is 8.78 Å². The first kappa shape index (κ1) is 9.32. The van der Waals surface area contributed by atoms with Gasteiger partial charge >= 0.3 is 0 Å². The molecule has 0 aliphatic carbocycles. The Hall–Kier alpha value is -0.770. The summed E-state index contributed by atoms with van der Waals surface area (Å²) in [6, 6.07) is 2.15. The summed E-state index contributed by atoms with van der Waals surface area (Å²) in [6.07, 6.45) is 1.26. The molecule has 0 atom stereocenters. The van der Waals surface area contributed by atoms with Crippen LogP contribution >= 0.6 is 15.9 Å². The Kier molecular flexibility index (Phi) is 2.92. The summed E-state index contributed by atoms with van der Waals surface area (Å²) in [7, 11) is 0. The summed E-state index contributed by atoms with van der Waals surface area (Å²) < 4.78 is 25.7. The molecule has 0 aliphatic heterocycles. The Bertz CT molecular complexity index is 312. The van der Waals surface area contributed by atoms with Crippen molar-refractivity contribution in [3.05, 3.63) is 33.8 Å². The van der Waals surface area contributed by atoms with E-state index in [9.17, 15) is 8.78 Å². The second kappa shape index (κ2) is 3.76. The van der Waals surface area contributed by atoms with Crippen LogP contribution in [0.1, 0.15) is 5.56 Å². The molecule has 0 radical (unpaired) electrons. The van der Waals surface area contributed by atoms with Gasteiger partial charge in [0.2, 0.25) is 0 Å². The van der Waals surface area contributed by atoms with E-state index >= 15 is 0 Å². The van der Waals surface area contributed by atoms with Crippen molar-refractivity contribution >= 4 is 22.1 Å². The second-order valence-corrected chi connectivity index (χ2v) is 3.12. The normalized spacial score (nSPS) is 9.92. The Labute approximate surface area is 77.0 Å². The summed E-state index contributed by atoms with van der Waals surface area (Å²) in [4.78, 5) is 0. The van der Waals surface area contributed by atoms with Gasteiger partial charge in [0.05, 0.1) is 4.47 Å². The first-order valence-electron chi connectivity index (χ1n) is 3.27. The molecule has 1 rings (SSSR count). The number of hydrogen-bond acceptors (Lipinski definition) is 1. The molecule has 0 saturated heterocycles.